The number of amides is 1. The van der Waals surface area contributed by atoms with Crippen molar-refractivity contribution < 1.29 is 28.8 Å². The molecule has 4 rings (SSSR count). The lowest BCUT2D eigenvalue weighted by atomic mass is 9.95. The number of aliphatic hydroxyl groups is 1. The third-order valence-electron chi connectivity index (χ3n) is 6.12. The Morgan fingerprint density at radius 2 is 2.08 bits per heavy atom. The molecule has 0 spiro atoms. The number of benzene rings is 1. The van der Waals surface area contributed by atoms with Gasteiger partial charge in [0.15, 0.2) is 6.79 Å². The summed E-state index contributed by atoms with van der Waals surface area (Å²) in [5.41, 5.74) is 2.18. The topological polar surface area (TPSA) is 140 Å². The van der Waals surface area contributed by atoms with Gasteiger partial charge in [0.05, 0.1) is 38.0 Å². The quantitative estimate of drug-likeness (QED) is 0.324. The van der Waals surface area contributed by atoms with Crippen LogP contribution in [0.5, 0.6) is 5.75 Å². The average molecular weight is 515 g/mol. The fraction of sp³-hybridized carbons (Fsp3) is 0.520. The summed E-state index contributed by atoms with van der Waals surface area (Å²) in [6.07, 6.45) is 1.41. The van der Waals surface area contributed by atoms with Crippen molar-refractivity contribution in [1.82, 2.24) is 15.3 Å². The molecule has 2 aliphatic heterocycles. The number of nitrogens with one attached hydrogen (secondary N) is 2. The molecule has 1 aromatic carbocycles. The van der Waals surface area contributed by atoms with Crippen LogP contribution < -0.4 is 20.3 Å². The first kappa shape index (κ1) is 26.7. The highest BCUT2D eigenvalue weighted by Crippen LogP contribution is 2.23. The van der Waals surface area contributed by atoms with E-state index in [1.54, 1.807) is 26.5 Å². The first-order valence-corrected chi connectivity index (χ1v) is 12.1. The van der Waals surface area contributed by atoms with E-state index in [2.05, 4.69) is 25.6 Å². The van der Waals surface area contributed by atoms with Crippen molar-refractivity contribution in [2.75, 3.05) is 71.2 Å². The second-order valence-corrected chi connectivity index (χ2v) is 8.97. The molecular weight excluding hydrogens is 480 g/mol. The molecule has 3 N–H and O–H groups in total. The number of aliphatic hydroxyl groups excluding tert-OH is 1. The monoisotopic (exact) mass is 514 g/mol. The fourth-order valence-corrected chi connectivity index (χ4v) is 3.86. The number of carbonyl (C=O) groups excluding carboxylic acids is 1. The fourth-order valence-electron chi connectivity index (χ4n) is 3.86. The zero-order valence-corrected chi connectivity index (χ0v) is 21.3. The maximum atomic E-state index is 13.0. The molecule has 1 aromatic heterocycles. The molecule has 2 aliphatic rings. The summed E-state index contributed by atoms with van der Waals surface area (Å²) in [6, 6.07) is 7.06. The third kappa shape index (κ3) is 7.13. The zero-order valence-electron chi connectivity index (χ0n) is 21.3. The molecule has 1 amide bonds. The number of carbonyl (C=O) groups is 1. The first-order chi connectivity index (χ1) is 18.0. The van der Waals surface area contributed by atoms with Crippen molar-refractivity contribution in [2.24, 2.45) is 4.99 Å². The highest BCUT2D eigenvalue weighted by molar-refractivity contribution is 5.93. The number of nitrogens with zero attached hydrogens (tertiary/aromatic N) is 4. The molecule has 3 heterocycles. The van der Waals surface area contributed by atoms with Gasteiger partial charge in [-0.15, -0.1) is 0 Å². The van der Waals surface area contributed by atoms with Gasteiger partial charge in [-0.3, -0.25) is 9.79 Å². The van der Waals surface area contributed by atoms with Gasteiger partial charge in [-0.1, -0.05) is 6.07 Å². The van der Waals surface area contributed by atoms with E-state index in [0.717, 1.165) is 11.1 Å². The number of ether oxygens (including phenoxy) is 4. The van der Waals surface area contributed by atoms with E-state index < -0.39 is 12.0 Å². The Bertz CT molecular complexity index is 1100. The summed E-state index contributed by atoms with van der Waals surface area (Å²) in [4.78, 5) is 28.3. The highest BCUT2D eigenvalue weighted by Gasteiger charge is 2.25. The van der Waals surface area contributed by atoms with Gasteiger partial charge < -0.3 is 39.6 Å². The Morgan fingerprint density at radius 1 is 1.24 bits per heavy atom. The standard InChI is InChI=1S/C25H34N6O6/c1-31(6-7-34-2)25-29-21(10-23(30-25)28-18-13-36-14-18)24(33)27-12-22(32)20-9-16-4-5-19(37-15-35-3)8-17(16)11-26-20/h4-5,8,10-11,18,20,22,32H,6-7,9,12-15H2,1-3H3,(H,27,33)(H,28,29,30)/t20?,22-/m1/s1. The average Bonchev–Trinajstić information content (AvgIpc) is 2.90. The summed E-state index contributed by atoms with van der Waals surface area (Å²) in [5, 5.41) is 16.8. The van der Waals surface area contributed by atoms with Crippen molar-refractivity contribution in [2.45, 2.75) is 24.6 Å². The number of aliphatic imine (C=N–C) groups is 1. The first-order valence-electron chi connectivity index (χ1n) is 12.1. The minimum Gasteiger partial charge on any atom is -0.468 e. The number of aromatic nitrogens is 2. The number of fused-ring (bicyclic) bond motifs is 1. The Morgan fingerprint density at radius 3 is 2.81 bits per heavy atom. The lowest BCUT2D eigenvalue weighted by Gasteiger charge is -2.28. The van der Waals surface area contributed by atoms with Gasteiger partial charge in [-0.25, -0.2) is 4.98 Å². The third-order valence-corrected chi connectivity index (χ3v) is 6.12. The van der Waals surface area contributed by atoms with Gasteiger partial charge in [0.2, 0.25) is 5.95 Å². The molecule has 1 saturated heterocycles. The van der Waals surface area contributed by atoms with Crippen LogP contribution in [0.1, 0.15) is 21.6 Å². The van der Waals surface area contributed by atoms with Crippen molar-refractivity contribution in [3.05, 3.63) is 41.1 Å². The Hall–Kier alpha value is -3.32. The molecule has 0 aliphatic carbocycles. The molecule has 1 fully saturated rings. The van der Waals surface area contributed by atoms with Crippen LogP contribution in [0.25, 0.3) is 0 Å². The molecule has 1 unspecified atom stereocenters. The van der Waals surface area contributed by atoms with E-state index >= 15 is 0 Å². The van der Waals surface area contributed by atoms with Crippen LogP contribution >= 0.6 is 0 Å². The smallest absolute Gasteiger partial charge is 0.270 e. The minimum absolute atomic E-state index is 0.0310. The van der Waals surface area contributed by atoms with Crippen LogP contribution in [0, 0.1) is 0 Å². The summed E-state index contributed by atoms with van der Waals surface area (Å²) in [6.45, 7) is 2.42. The maximum absolute atomic E-state index is 13.0. The lowest BCUT2D eigenvalue weighted by Crippen LogP contribution is -2.41. The minimum atomic E-state index is -0.867. The summed E-state index contributed by atoms with van der Waals surface area (Å²) in [5.74, 6) is 1.22. The number of methoxy groups -OCH3 is 2. The van der Waals surface area contributed by atoms with Crippen molar-refractivity contribution in [3.63, 3.8) is 0 Å². The Kier molecular flexibility index (Phi) is 9.23. The van der Waals surface area contributed by atoms with Gasteiger partial charge in [-0.05, 0) is 29.7 Å². The molecule has 12 heteroatoms. The molecule has 200 valence electrons. The predicted octanol–water partition coefficient (Wildman–Crippen LogP) is 0.487. The van der Waals surface area contributed by atoms with Crippen molar-refractivity contribution in [1.29, 1.82) is 0 Å². The van der Waals surface area contributed by atoms with E-state index in [1.165, 1.54) is 0 Å². The maximum Gasteiger partial charge on any atom is 0.270 e. The Labute approximate surface area is 216 Å². The number of hydrogen-bond acceptors (Lipinski definition) is 11. The molecular formula is C25H34N6O6. The molecule has 37 heavy (non-hydrogen) atoms. The van der Waals surface area contributed by atoms with Crippen LogP contribution in [0.4, 0.5) is 11.8 Å². The second kappa shape index (κ2) is 12.8. The number of hydrogen-bond donors (Lipinski definition) is 3. The van der Waals surface area contributed by atoms with Crippen LogP contribution in [0.3, 0.4) is 0 Å². The molecule has 0 radical (unpaired) electrons. The van der Waals surface area contributed by atoms with Gasteiger partial charge in [0.25, 0.3) is 5.91 Å². The molecule has 12 nitrogen and oxygen atoms in total. The number of likely N-dealkylation sites (N-methyl/N-ethyl adjacent to an activating group) is 1. The van der Waals surface area contributed by atoms with E-state index in [0.29, 0.717) is 50.3 Å². The van der Waals surface area contributed by atoms with Crippen LogP contribution in [0.2, 0.25) is 0 Å². The largest absolute Gasteiger partial charge is 0.468 e. The SMILES string of the molecule is COCCN(C)c1nc(NC2COC2)cc(C(=O)NC[C@@H](O)C2Cc3ccc(OCOC)cc3C=N2)n1. The number of anilines is 2. The van der Waals surface area contributed by atoms with E-state index in [1.807, 2.05) is 30.1 Å². The van der Waals surface area contributed by atoms with E-state index in [9.17, 15) is 9.90 Å². The summed E-state index contributed by atoms with van der Waals surface area (Å²) >= 11 is 0. The molecule has 2 aromatic rings. The normalized spacial score (nSPS) is 17.5. The zero-order chi connectivity index (χ0) is 26.2. The van der Waals surface area contributed by atoms with Crippen LogP contribution in [-0.4, -0.2) is 106 Å². The highest BCUT2D eigenvalue weighted by atomic mass is 16.7. The second-order valence-electron chi connectivity index (χ2n) is 8.97. The van der Waals surface area contributed by atoms with Gasteiger partial charge in [-0.2, -0.15) is 4.98 Å². The van der Waals surface area contributed by atoms with Crippen LogP contribution in [0.15, 0.2) is 29.3 Å². The van der Waals surface area contributed by atoms with Gasteiger partial charge >= 0.3 is 0 Å². The molecule has 2 atom stereocenters. The molecule has 0 bridgehead atoms. The van der Waals surface area contributed by atoms with E-state index in [-0.39, 0.29) is 31.1 Å². The predicted molar refractivity (Wildman–Crippen MR) is 138 cm³/mol. The molecule has 0 saturated carbocycles. The van der Waals surface area contributed by atoms with Gasteiger partial charge in [0.1, 0.15) is 17.3 Å². The van der Waals surface area contributed by atoms with Crippen molar-refractivity contribution >= 4 is 23.9 Å². The summed E-state index contributed by atoms with van der Waals surface area (Å²) < 4.78 is 20.8. The van der Waals surface area contributed by atoms with E-state index in [4.69, 9.17) is 18.9 Å². The van der Waals surface area contributed by atoms with Crippen LogP contribution in [-0.2, 0) is 20.6 Å². The lowest BCUT2D eigenvalue weighted by molar-refractivity contribution is 0.0209. The summed E-state index contributed by atoms with van der Waals surface area (Å²) in [7, 11) is 5.02. The van der Waals surface area contributed by atoms with Crippen molar-refractivity contribution in [3.8, 4) is 5.75 Å². The Balaban J connectivity index is 1.38. The van der Waals surface area contributed by atoms with Gasteiger partial charge in [0, 0.05) is 46.6 Å². The number of rotatable bonds is 13.